The fourth-order valence-corrected chi connectivity index (χ4v) is 3.48. The van der Waals surface area contributed by atoms with Crippen LogP contribution in [0.25, 0.3) is 0 Å². The number of hydrogen-bond acceptors (Lipinski definition) is 5. The van der Waals surface area contributed by atoms with Gasteiger partial charge in [-0.3, -0.25) is 4.79 Å². The van der Waals surface area contributed by atoms with E-state index in [2.05, 4.69) is 43.3 Å². The maximum Gasteiger partial charge on any atom is 0.237 e. The highest BCUT2D eigenvalue weighted by molar-refractivity contribution is 7.09. The van der Waals surface area contributed by atoms with Crippen molar-refractivity contribution < 1.29 is 9.53 Å². The molecule has 1 aliphatic heterocycles. The van der Waals surface area contributed by atoms with Gasteiger partial charge in [-0.05, 0) is 18.8 Å². The largest absolute Gasteiger partial charge is 0.381 e. The van der Waals surface area contributed by atoms with Gasteiger partial charge in [0.25, 0.3) is 0 Å². The molecule has 0 aliphatic carbocycles. The molecule has 1 aliphatic rings. The van der Waals surface area contributed by atoms with Crippen LogP contribution in [0.1, 0.15) is 57.2 Å². The molecule has 2 N–H and O–H groups in total. The summed E-state index contributed by atoms with van der Waals surface area (Å²) in [6.07, 6.45) is 1.95. The molecule has 1 fully saturated rings. The van der Waals surface area contributed by atoms with E-state index in [1.807, 2.05) is 5.38 Å². The van der Waals surface area contributed by atoms with Crippen molar-refractivity contribution in [1.82, 2.24) is 15.6 Å². The molecule has 1 saturated heterocycles. The molecule has 0 radical (unpaired) electrons. The molecular weight excluding hydrogens is 310 g/mol. The SMILES string of the molecule is CC(C)c1nc(CNC(=O)[C@H](NC2CCOCC2)C(C)C)cs1. The van der Waals surface area contributed by atoms with E-state index < -0.39 is 0 Å². The lowest BCUT2D eigenvalue weighted by atomic mass is 10.00. The van der Waals surface area contributed by atoms with Gasteiger partial charge in [0.1, 0.15) is 0 Å². The minimum absolute atomic E-state index is 0.0607. The topological polar surface area (TPSA) is 63.2 Å². The van der Waals surface area contributed by atoms with E-state index in [9.17, 15) is 4.79 Å². The zero-order chi connectivity index (χ0) is 16.8. The number of rotatable bonds is 7. The van der Waals surface area contributed by atoms with Crippen molar-refractivity contribution in [3.05, 3.63) is 16.1 Å². The first-order chi connectivity index (χ1) is 11.0. The third-order valence-electron chi connectivity index (χ3n) is 4.09. The van der Waals surface area contributed by atoms with Gasteiger partial charge >= 0.3 is 0 Å². The van der Waals surface area contributed by atoms with Crippen molar-refractivity contribution in [1.29, 1.82) is 0 Å². The number of amides is 1. The van der Waals surface area contributed by atoms with Crippen molar-refractivity contribution in [3.8, 4) is 0 Å². The molecule has 2 rings (SSSR count). The van der Waals surface area contributed by atoms with E-state index in [0.29, 0.717) is 18.5 Å². The second-order valence-electron chi connectivity index (χ2n) is 6.82. The van der Waals surface area contributed by atoms with E-state index in [0.717, 1.165) is 36.8 Å². The maximum absolute atomic E-state index is 12.5. The van der Waals surface area contributed by atoms with Crippen LogP contribution in [0, 0.1) is 5.92 Å². The Hall–Kier alpha value is -0.980. The number of ether oxygens (including phenoxy) is 1. The second-order valence-corrected chi connectivity index (χ2v) is 7.71. The molecule has 0 spiro atoms. The molecule has 1 amide bonds. The third-order valence-corrected chi connectivity index (χ3v) is 5.29. The van der Waals surface area contributed by atoms with Crippen molar-refractivity contribution in [2.75, 3.05) is 13.2 Å². The van der Waals surface area contributed by atoms with Crippen molar-refractivity contribution in [2.24, 2.45) is 5.92 Å². The molecule has 0 aromatic carbocycles. The lowest BCUT2D eigenvalue weighted by Crippen LogP contribution is -2.52. The molecule has 2 heterocycles. The third kappa shape index (κ3) is 5.55. The zero-order valence-corrected chi connectivity index (χ0v) is 15.4. The lowest BCUT2D eigenvalue weighted by Gasteiger charge is -2.30. The van der Waals surface area contributed by atoms with Crippen molar-refractivity contribution >= 4 is 17.2 Å². The van der Waals surface area contributed by atoms with Gasteiger partial charge in [-0.2, -0.15) is 0 Å². The summed E-state index contributed by atoms with van der Waals surface area (Å²) in [5.74, 6) is 0.744. The molecule has 6 heteroatoms. The number of thiazole rings is 1. The number of hydrogen-bond donors (Lipinski definition) is 2. The summed E-state index contributed by atoms with van der Waals surface area (Å²) in [5.41, 5.74) is 0.945. The minimum atomic E-state index is -0.165. The summed E-state index contributed by atoms with van der Waals surface area (Å²) in [6.45, 7) is 10.5. The summed E-state index contributed by atoms with van der Waals surface area (Å²) in [5, 5.41) is 9.69. The molecule has 130 valence electrons. The summed E-state index contributed by atoms with van der Waals surface area (Å²) in [4.78, 5) is 17.1. The minimum Gasteiger partial charge on any atom is -0.381 e. The Kier molecular flexibility index (Phi) is 6.99. The zero-order valence-electron chi connectivity index (χ0n) is 14.6. The molecule has 1 atom stereocenters. The van der Waals surface area contributed by atoms with Crippen LogP contribution >= 0.6 is 11.3 Å². The van der Waals surface area contributed by atoms with Crippen LogP contribution in [-0.4, -0.2) is 36.2 Å². The predicted molar refractivity (Wildman–Crippen MR) is 93.7 cm³/mol. The standard InChI is InChI=1S/C17H29N3O2S/c1-11(2)15(19-13-5-7-22-8-6-13)16(21)18-9-14-10-23-17(20-14)12(3)4/h10-13,15,19H,5-9H2,1-4H3,(H,18,21)/t15-/m1/s1. The van der Waals surface area contributed by atoms with Crippen LogP contribution in [-0.2, 0) is 16.1 Å². The Morgan fingerprint density at radius 3 is 2.61 bits per heavy atom. The fourth-order valence-electron chi connectivity index (χ4n) is 2.65. The van der Waals surface area contributed by atoms with Gasteiger partial charge in [0, 0.05) is 30.6 Å². The van der Waals surface area contributed by atoms with Gasteiger partial charge in [0.05, 0.1) is 23.3 Å². The molecular formula is C17H29N3O2S. The van der Waals surface area contributed by atoms with Gasteiger partial charge in [-0.25, -0.2) is 4.98 Å². The molecule has 5 nitrogen and oxygen atoms in total. The number of nitrogens with zero attached hydrogens (tertiary/aromatic N) is 1. The van der Waals surface area contributed by atoms with E-state index in [4.69, 9.17) is 4.74 Å². The van der Waals surface area contributed by atoms with Gasteiger partial charge in [-0.15, -0.1) is 11.3 Å². The predicted octanol–water partition coefficient (Wildman–Crippen LogP) is 2.68. The normalized spacial score (nSPS) is 17.7. The average Bonchev–Trinajstić information content (AvgIpc) is 3.00. The van der Waals surface area contributed by atoms with Gasteiger partial charge < -0.3 is 15.4 Å². The smallest absolute Gasteiger partial charge is 0.237 e. The van der Waals surface area contributed by atoms with Crippen molar-refractivity contribution in [3.63, 3.8) is 0 Å². The summed E-state index contributed by atoms with van der Waals surface area (Å²) in [6, 6.07) is 0.204. The quantitative estimate of drug-likeness (QED) is 0.802. The van der Waals surface area contributed by atoms with E-state index in [-0.39, 0.29) is 17.9 Å². The highest BCUT2D eigenvalue weighted by Crippen LogP contribution is 2.19. The monoisotopic (exact) mass is 339 g/mol. The first-order valence-electron chi connectivity index (χ1n) is 8.53. The Labute approximate surface area is 143 Å². The highest BCUT2D eigenvalue weighted by Gasteiger charge is 2.26. The number of aromatic nitrogens is 1. The number of nitrogens with one attached hydrogen (secondary N) is 2. The Morgan fingerprint density at radius 2 is 2.04 bits per heavy atom. The van der Waals surface area contributed by atoms with Crippen LogP contribution in [0.4, 0.5) is 0 Å². The first-order valence-corrected chi connectivity index (χ1v) is 9.41. The van der Waals surface area contributed by atoms with Crippen molar-refractivity contribution in [2.45, 2.75) is 65.1 Å². The summed E-state index contributed by atoms with van der Waals surface area (Å²) >= 11 is 1.66. The average molecular weight is 340 g/mol. The lowest BCUT2D eigenvalue weighted by molar-refractivity contribution is -0.124. The highest BCUT2D eigenvalue weighted by atomic mass is 32.1. The Morgan fingerprint density at radius 1 is 1.35 bits per heavy atom. The molecule has 0 saturated carbocycles. The van der Waals surface area contributed by atoms with E-state index in [1.54, 1.807) is 11.3 Å². The molecule has 0 unspecified atom stereocenters. The van der Waals surface area contributed by atoms with Crippen LogP contribution in [0.5, 0.6) is 0 Å². The summed E-state index contributed by atoms with van der Waals surface area (Å²) in [7, 11) is 0. The Balaban J connectivity index is 1.86. The molecule has 23 heavy (non-hydrogen) atoms. The molecule has 1 aromatic rings. The molecule has 1 aromatic heterocycles. The summed E-state index contributed by atoms with van der Waals surface area (Å²) < 4.78 is 5.38. The van der Waals surface area contributed by atoms with Crippen LogP contribution < -0.4 is 10.6 Å². The molecule has 0 bridgehead atoms. The van der Waals surface area contributed by atoms with Crippen LogP contribution in [0.2, 0.25) is 0 Å². The van der Waals surface area contributed by atoms with Gasteiger partial charge in [-0.1, -0.05) is 27.7 Å². The fraction of sp³-hybridized carbons (Fsp3) is 0.765. The van der Waals surface area contributed by atoms with E-state index >= 15 is 0 Å². The van der Waals surface area contributed by atoms with Crippen LogP contribution in [0.15, 0.2) is 5.38 Å². The van der Waals surface area contributed by atoms with Gasteiger partial charge in [0.15, 0.2) is 0 Å². The number of carbonyl (C=O) groups is 1. The van der Waals surface area contributed by atoms with Crippen LogP contribution in [0.3, 0.4) is 0 Å². The number of carbonyl (C=O) groups excluding carboxylic acids is 1. The Bertz CT molecular complexity index is 496. The second kappa shape index (κ2) is 8.76. The first kappa shape index (κ1) is 18.4. The maximum atomic E-state index is 12.5. The van der Waals surface area contributed by atoms with E-state index in [1.165, 1.54) is 0 Å². The van der Waals surface area contributed by atoms with Gasteiger partial charge in [0.2, 0.25) is 5.91 Å².